The predicted octanol–water partition coefficient (Wildman–Crippen LogP) is -1.03. The average Bonchev–Trinajstić information content (AvgIpc) is 2.39. The molecule has 0 atom stereocenters. The number of hydrogen-bond donors (Lipinski definition) is 0. The van der Waals surface area contributed by atoms with E-state index in [0.29, 0.717) is 5.13 Å². The van der Waals surface area contributed by atoms with Gasteiger partial charge < -0.3 is 0 Å². The number of fused-ring (bicyclic) bond motifs is 1. The summed E-state index contributed by atoms with van der Waals surface area (Å²) in [6.45, 7) is 0. The van der Waals surface area contributed by atoms with Gasteiger partial charge in [0.1, 0.15) is 0 Å². The average molecular weight is 128 g/mol. The van der Waals surface area contributed by atoms with Crippen LogP contribution in [0.2, 0.25) is 0 Å². The minimum Gasteiger partial charge on any atom is -0.262 e. The van der Waals surface area contributed by atoms with E-state index in [9.17, 15) is 9.59 Å². The summed E-state index contributed by atoms with van der Waals surface area (Å²) in [4.78, 5) is 24.0. The normalized spacial score (nSPS) is 11.5. The molecule has 2 aliphatic heterocycles. The van der Waals surface area contributed by atoms with E-state index in [0.717, 1.165) is 0 Å². The highest BCUT2D eigenvalue weighted by molar-refractivity contribution is 7.17. The van der Waals surface area contributed by atoms with Gasteiger partial charge in [-0.1, -0.05) is 0 Å². The maximum absolute atomic E-state index is 10.4. The summed E-state index contributed by atoms with van der Waals surface area (Å²) in [5, 5.41) is 0.542. The highest BCUT2D eigenvalue weighted by atomic mass is 32.1. The number of aromatic nitrogens is 2. The Balaban J connectivity index is 3.13. The monoisotopic (exact) mass is 128 g/mol. The topological polar surface area (TPSA) is 52.0 Å². The van der Waals surface area contributed by atoms with Crippen LogP contribution in [0.25, 0.3) is 5.13 Å². The lowest BCUT2D eigenvalue weighted by molar-refractivity contribution is 1.24. The van der Waals surface area contributed by atoms with Crippen molar-refractivity contribution in [2.45, 2.75) is 0 Å². The third-order valence-corrected chi connectivity index (χ3v) is 1.66. The van der Waals surface area contributed by atoms with Crippen LogP contribution in [0.3, 0.4) is 0 Å². The van der Waals surface area contributed by atoms with Crippen LogP contribution in [0.1, 0.15) is 0 Å². The van der Waals surface area contributed by atoms with Gasteiger partial charge in [0.25, 0.3) is 0 Å². The molecular weight excluding hydrogens is 128 g/mol. The standard InChI is InChI=1S/C3N2O2S/c6-1-2(7)5-3(4-1)8-5. The van der Waals surface area contributed by atoms with Crippen LogP contribution >= 0.6 is 11.5 Å². The smallest absolute Gasteiger partial charge is 0.262 e. The Hall–Kier alpha value is -0.970. The summed E-state index contributed by atoms with van der Waals surface area (Å²) in [6, 6.07) is 0. The molecule has 0 amide bonds. The third kappa shape index (κ3) is 0.282. The first-order chi connectivity index (χ1) is 3.79. The molecule has 0 saturated carbocycles. The number of hydrogen-bond acceptors (Lipinski definition) is 4. The van der Waals surface area contributed by atoms with E-state index in [1.807, 2.05) is 0 Å². The van der Waals surface area contributed by atoms with Crippen LogP contribution in [0, 0.1) is 0 Å². The maximum Gasteiger partial charge on any atom is 0.339 e. The van der Waals surface area contributed by atoms with Crippen molar-refractivity contribution in [1.29, 1.82) is 0 Å². The van der Waals surface area contributed by atoms with Crippen molar-refractivity contribution in [2.75, 3.05) is 0 Å². The van der Waals surface area contributed by atoms with Crippen molar-refractivity contribution in [3.05, 3.63) is 20.7 Å². The Morgan fingerprint density at radius 3 is 2.50 bits per heavy atom. The van der Waals surface area contributed by atoms with Gasteiger partial charge in [0.15, 0.2) is 0 Å². The molecule has 2 aliphatic rings. The summed E-state index contributed by atoms with van der Waals surface area (Å²) in [7, 11) is 0. The van der Waals surface area contributed by atoms with Crippen LogP contribution in [0.4, 0.5) is 0 Å². The molecule has 2 heterocycles. The van der Waals surface area contributed by atoms with E-state index in [4.69, 9.17) is 0 Å². The van der Waals surface area contributed by atoms with E-state index in [1.165, 1.54) is 15.5 Å². The summed E-state index contributed by atoms with van der Waals surface area (Å²) >= 11 is 1.20. The van der Waals surface area contributed by atoms with Gasteiger partial charge in [0.2, 0.25) is 5.13 Å². The summed E-state index contributed by atoms with van der Waals surface area (Å²) < 4.78 is 1.27. The molecule has 0 saturated heterocycles. The van der Waals surface area contributed by atoms with E-state index < -0.39 is 11.1 Å². The first-order valence-corrected chi connectivity index (χ1v) is 2.71. The summed E-state index contributed by atoms with van der Waals surface area (Å²) in [5.74, 6) is 0. The molecular formula is C3N2O2S. The van der Waals surface area contributed by atoms with Crippen molar-refractivity contribution in [3.63, 3.8) is 0 Å². The lowest BCUT2D eigenvalue weighted by Crippen LogP contribution is -2.22. The quantitative estimate of drug-likeness (QED) is 0.426. The maximum atomic E-state index is 10.4. The molecule has 5 heteroatoms. The van der Waals surface area contributed by atoms with Crippen LogP contribution < -0.4 is 11.1 Å². The summed E-state index contributed by atoms with van der Waals surface area (Å²) in [6.07, 6.45) is 0. The van der Waals surface area contributed by atoms with Gasteiger partial charge in [-0.3, -0.25) is 9.59 Å². The zero-order valence-corrected chi connectivity index (χ0v) is 4.44. The van der Waals surface area contributed by atoms with E-state index in [2.05, 4.69) is 4.98 Å². The number of rotatable bonds is 0. The van der Waals surface area contributed by atoms with E-state index >= 15 is 0 Å². The second kappa shape index (κ2) is 0.899. The molecule has 0 bridgehead atoms. The van der Waals surface area contributed by atoms with Crippen molar-refractivity contribution < 1.29 is 0 Å². The Labute approximate surface area is 47.2 Å². The van der Waals surface area contributed by atoms with E-state index in [1.54, 1.807) is 0 Å². The fraction of sp³-hybridized carbons (Fsp3) is 0. The van der Waals surface area contributed by atoms with Crippen molar-refractivity contribution in [3.8, 4) is 5.13 Å². The second-order valence-electron chi connectivity index (χ2n) is 1.39. The van der Waals surface area contributed by atoms with Gasteiger partial charge in [0, 0.05) is 0 Å². The number of imidazole rings is 1. The first kappa shape index (κ1) is 3.96. The van der Waals surface area contributed by atoms with Crippen molar-refractivity contribution in [1.82, 2.24) is 8.94 Å². The zero-order valence-electron chi connectivity index (χ0n) is 3.62. The lowest BCUT2D eigenvalue weighted by Gasteiger charge is -1.53. The molecule has 0 unspecified atom stereocenters. The van der Waals surface area contributed by atoms with Crippen LogP contribution in [0.15, 0.2) is 9.59 Å². The molecule has 8 heavy (non-hydrogen) atoms. The molecule has 0 aliphatic carbocycles. The number of nitrogens with zero attached hydrogens (tertiary/aromatic N) is 2. The Morgan fingerprint density at radius 1 is 1.50 bits per heavy atom. The molecule has 0 aromatic heterocycles. The van der Waals surface area contributed by atoms with Gasteiger partial charge in [0.05, 0.1) is 0 Å². The van der Waals surface area contributed by atoms with Crippen LogP contribution in [0.5, 0.6) is 0 Å². The molecule has 0 N–H and O–H groups in total. The minimum atomic E-state index is -0.640. The van der Waals surface area contributed by atoms with Gasteiger partial charge >= 0.3 is 11.1 Å². The van der Waals surface area contributed by atoms with Crippen LogP contribution in [-0.2, 0) is 0 Å². The minimum absolute atomic E-state index is 0.509. The van der Waals surface area contributed by atoms with Crippen molar-refractivity contribution in [2.24, 2.45) is 0 Å². The SMILES string of the molecule is O=c1nc2sn-2c1=O. The fourth-order valence-corrected chi connectivity index (χ4v) is 1.01. The van der Waals surface area contributed by atoms with Gasteiger partial charge in [-0.2, -0.15) is 8.94 Å². The molecule has 4 nitrogen and oxygen atoms in total. The lowest BCUT2D eigenvalue weighted by atomic mass is 10.9. The molecule has 0 radical (unpaired) electrons. The fourth-order valence-electron chi connectivity index (χ4n) is 0.477. The van der Waals surface area contributed by atoms with Gasteiger partial charge in [-0.25, -0.2) is 0 Å². The molecule has 40 valence electrons. The van der Waals surface area contributed by atoms with Gasteiger partial charge in [-0.15, -0.1) is 0 Å². The largest absolute Gasteiger partial charge is 0.339 e. The van der Waals surface area contributed by atoms with E-state index in [-0.39, 0.29) is 0 Å². The summed E-state index contributed by atoms with van der Waals surface area (Å²) in [5.41, 5.74) is -1.15. The molecule has 0 aromatic rings. The third-order valence-electron chi connectivity index (χ3n) is 0.879. The highest BCUT2D eigenvalue weighted by Crippen LogP contribution is 2.18. The highest BCUT2D eigenvalue weighted by Gasteiger charge is 2.20. The second-order valence-corrected chi connectivity index (χ2v) is 2.30. The first-order valence-electron chi connectivity index (χ1n) is 1.94. The predicted molar refractivity (Wildman–Crippen MR) is 27.5 cm³/mol. The molecule has 2 rings (SSSR count). The van der Waals surface area contributed by atoms with Crippen LogP contribution in [-0.4, -0.2) is 8.94 Å². The molecule has 0 fully saturated rings. The Morgan fingerprint density at radius 2 is 2.25 bits per heavy atom. The van der Waals surface area contributed by atoms with Crippen molar-refractivity contribution >= 4 is 11.5 Å². The zero-order chi connectivity index (χ0) is 5.72. The molecule has 0 aromatic carbocycles. The van der Waals surface area contributed by atoms with Gasteiger partial charge in [-0.05, 0) is 11.5 Å². The Bertz CT molecular complexity index is 349. The Kier molecular flexibility index (Phi) is 0.445. The molecule has 0 spiro atoms.